The molecule has 1 aliphatic rings. The van der Waals surface area contributed by atoms with E-state index in [9.17, 15) is 4.79 Å². The number of carbonyl (C=O) groups excluding carboxylic acids is 1. The molecular weight excluding hydrogens is 277 g/mol. The Kier molecular flexibility index (Phi) is 10.1. The summed E-state index contributed by atoms with van der Waals surface area (Å²) in [6.45, 7) is 9.71. The number of nitrogens with two attached hydrogens (primary N) is 1. The Morgan fingerprint density at radius 3 is 2.33 bits per heavy atom. The van der Waals surface area contributed by atoms with Gasteiger partial charge in [0.05, 0.1) is 18.8 Å². The highest BCUT2D eigenvalue weighted by molar-refractivity contribution is 5.86. The van der Waals surface area contributed by atoms with E-state index in [1.807, 2.05) is 6.92 Å². The number of nitrogens with zero attached hydrogens (tertiary/aromatic N) is 1. The summed E-state index contributed by atoms with van der Waals surface area (Å²) >= 11 is 0. The summed E-state index contributed by atoms with van der Waals surface area (Å²) in [5.41, 5.74) is 4.91. The number of hydrogen-bond acceptors (Lipinski definition) is 4. The van der Waals surface area contributed by atoms with Crippen LogP contribution in [-0.4, -0.2) is 55.2 Å². The van der Waals surface area contributed by atoms with Gasteiger partial charge in [0.25, 0.3) is 0 Å². The van der Waals surface area contributed by atoms with Crippen molar-refractivity contribution in [3.8, 4) is 0 Å². The van der Waals surface area contributed by atoms with Crippen molar-refractivity contribution < 1.29 is 9.53 Å². The zero-order valence-electron chi connectivity index (χ0n) is 11.3. The fourth-order valence-corrected chi connectivity index (χ4v) is 1.63. The molecule has 5 nitrogen and oxygen atoms in total. The number of amides is 1. The maximum absolute atomic E-state index is 11.6. The van der Waals surface area contributed by atoms with Crippen LogP contribution in [0.4, 0.5) is 0 Å². The zero-order valence-corrected chi connectivity index (χ0v) is 12.9. The third-order valence-corrected chi connectivity index (χ3v) is 2.60. The van der Waals surface area contributed by atoms with Gasteiger partial charge in [0, 0.05) is 25.7 Å². The molecule has 1 aliphatic heterocycles. The molecule has 18 heavy (non-hydrogen) atoms. The van der Waals surface area contributed by atoms with Crippen LogP contribution in [0.3, 0.4) is 0 Å². The van der Waals surface area contributed by atoms with Crippen molar-refractivity contribution in [2.24, 2.45) is 5.73 Å². The van der Waals surface area contributed by atoms with Gasteiger partial charge in [-0.3, -0.25) is 9.69 Å². The molecule has 110 valence electrons. The third-order valence-electron chi connectivity index (χ3n) is 2.60. The number of morpholine rings is 1. The molecule has 1 rings (SSSR count). The molecule has 0 radical (unpaired) electrons. The highest BCUT2D eigenvalue weighted by Crippen LogP contribution is 2.01. The van der Waals surface area contributed by atoms with E-state index in [2.05, 4.69) is 10.2 Å². The van der Waals surface area contributed by atoms with Gasteiger partial charge in [-0.25, -0.2) is 0 Å². The summed E-state index contributed by atoms with van der Waals surface area (Å²) in [7, 11) is 0. The Balaban J connectivity index is 0. The van der Waals surface area contributed by atoms with E-state index in [1.54, 1.807) is 13.8 Å². The van der Waals surface area contributed by atoms with Crippen LogP contribution in [0.2, 0.25) is 0 Å². The maximum atomic E-state index is 11.6. The third kappa shape index (κ3) is 7.38. The molecule has 1 saturated heterocycles. The summed E-state index contributed by atoms with van der Waals surface area (Å²) in [6, 6.07) is 0.119. The van der Waals surface area contributed by atoms with E-state index in [4.69, 9.17) is 10.5 Å². The lowest BCUT2D eigenvalue weighted by Gasteiger charge is -2.30. The monoisotopic (exact) mass is 301 g/mol. The minimum Gasteiger partial charge on any atom is -0.379 e. The van der Waals surface area contributed by atoms with Gasteiger partial charge in [-0.05, 0) is 20.8 Å². The van der Waals surface area contributed by atoms with Crippen molar-refractivity contribution in [2.45, 2.75) is 32.4 Å². The summed E-state index contributed by atoms with van der Waals surface area (Å²) in [5.74, 6) is -0.103. The van der Waals surface area contributed by atoms with Crippen molar-refractivity contribution in [3.63, 3.8) is 0 Å². The summed E-state index contributed by atoms with van der Waals surface area (Å²) in [6.07, 6.45) is 0. The molecular formula is C11H25Cl2N3O2. The van der Waals surface area contributed by atoms with Crippen LogP contribution in [0, 0.1) is 0 Å². The number of ether oxygens (including phenoxy) is 1. The quantitative estimate of drug-likeness (QED) is 0.789. The fraction of sp³-hybridized carbons (Fsp3) is 0.909. The van der Waals surface area contributed by atoms with Gasteiger partial charge < -0.3 is 15.8 Å². The second-order valence-electron chi connectivity index (χ2n) is 5.01. The van der Waals surface area contributed by atoms with Crippen molar-refractivity contribution in [1.82, 2.24) is 10.2 Å². The van der Waals surface area contributed by atoms with E-state index >= 15 is 0 Å². The van der Waals surface area contributed by atoms with Gasteiger partial charge in [-0.15, -0.1) is 24.8 Å². The molecule has 0 aliphatic carbocycles. The molecule has 0 spiro atoms. The van der Waals surface area contributed by atoms with Crippen LogP contribution in [0.15, 0.2) is 0 Å². The number of rotatable bonds is 4. The van der Waals surface area contributed by atoms with Crippen LogP contribution in [0.25, 0.3) is 0 Å². The number of nitrogens with one attached hydrogen (secondary N) is 1. The molecule has 1 fully saturated rings. The van der Waals surface area contributed by atoms with Crippen LogP contribution >= 0.6 is 24.8 Å². The highest BCUT2D eigenvalue weighted by atomic mass is 35.5. The number of carbonyl (C=O) groups is 1. The molecule has 1 amide bonds. The summed E-state index contributed by atoms with van der Waals surface area (Å²) < 4.78 is 5.27. The van der Waals surface area contributed by atoms with Gasteiger partial charge >= 0.3 is 0 Å². The standard InChI is InChI=1S/C11H23N3O2.2ClH/c1-9(13-10(15)11(2,3)12)8-14-4-6-16-7-5-14;;/h9H,4-8,12H2,1-3H3,(H,13,15);2*1H. The summed E-state index contributed by atoms with van der Waals surface area (Å²) in [5, 5.41) is 2.92. The average Bonchev–Trinajstić information content (AvgIpc) is 2.17. The second kappa shape index (κ2) is 8.93. The van der Waals surface area contributed by atoms with Gasteiger partial charge in [0.1, 0.15) is 0 Å². The first kappa shape index (κ1) is 20.3. The first-order valence-electron chi connectivity index (χ1n) is 5.79. The molecule has 0 aromatic rings. The minimum atomic E-state index is -0.806. The maximum Gasteiger partial charge on any atom is 0.239 e. The molecule has 1 unspecified atom stereocenters. The van der Waals surface area contributed by atoms with Crippen molar-refractivity contribution in [1.29, 1.82) is 0 Å². The van der Waals surface area contributed by atoms with Crippen molar-refractivity contribution in [2.75, 3.05) is 32.8 Å². The van der Waals surface area contributed by atoms with Gasteiger partial charge in [-0.1, -0.05) is 0 Å². The van der Waals surface area contributed by atoms with Crippen LogP contribution < -0.4 is 11.1 Å². The fourth-order valence-electron chi connectivity index (χ4n) is 1.63. The largest absolute Gasteiger partial charge is 0.379 e. The first-order chi connectivity index (χ1) is 7.39. The van der Waals surface area contributed by atoms with Crippen molar-refractivity contribution >= 4 is 30.7 Å². The van der Waals surface area contributed by atoms with E-state index in [1.165, 1.54) is 0 Å². The molecule has 0 aromatic carbocycles. The smallest absolute Gasteiger partial charge is 0.239 e. The van der Waals surface area contributed by atoms with E-state index in [-0.39, 0.29) is 36.8 Å². The van der Waals surface area contributed by atoms with Crippen LogP contribution in [-0.2, 0) is 9.53 Å². The Bertz CT molecular complexity index is 241. The Morgan fingerprint density at radius 2 is 1.89 bits per heavy atom. The van der Waals surface area contributed by atoms with E-state index in [0.29, 0.717) is 0 Å². The van der Waals surface area contributed by atoms with Crippen molar-refractivity contribution in [3.05, 3.63) is 0 Å². The molecule has 0 bridgehead atoms. The van der Waals surface area contributed by atoms with Gasteiger partial charge in [-0.2, -0.15) is 0 Å². The van der Waals surface area contributed by atoms with E-state index in [0.717, 1.165) is 32.8 Å². The molecule has 0 aromatic heterocycles. The lowest BCUT2D eigenvalue weighted by Crippen LogP contribution is -2.54. The highest BCUT2D eigenvalue weighted by Gasteiger charge is 2.24. The molecule has 1 heterocycles. The van der Waals surface area contributed by atoms with Gasteiger partial charge in [0.15, 0.2) is 0 Å². The van der Waals surface area contributed by atoms with Crippen LogP contribution in [0.1, 0.15) is 20.8 Å². The van der Waals surface area contributed by atoms with E-state index < -0.39 is 5.54 Å². The molecule has 7 heteroatoms. The Hall–Kier alpha value is -0.0700. The number of hydrogen-bond donors (Lipinski definition) is 2. The lowest BCUT2D eigenvalue weighted by molar-refractivity contribution is -0.126. The predicted octanol–water partition coefficient (Wildman–Crippen LogP) is 0.404. The molecule has 0 saturated carbocycles. The molecule has 1 atom stereocenters. The Morgan fingerprint density at radius 1 is 1.39 bits per heavy atom. The topological polar surface area (TPSA) is 67.6 Å². The second-order valence-corrected chi connectivity index (χ2v) is 5.01. The Labute approximate surface area is 122 Å². The van der Waals surface area contributed by atoms with Crippen LogP contribution in [0.5, 0.6) is 0 Å². The molecule has 3 N–H and O–H groups in total. The number of halogens is 2. The predicted molar refractivity (Wildman–Crippen MR) is 77.6 cm³/mol. The lowest BCUT2D eigenvalue weighted by atomic mass is 10.1. The minimum absolute atomic E-state index is 0. The normalized spacial score (nSPS) is 18.2. The van der Waals surface area contributed by atoms with Gasteiger partial charge in [0.2, 0.25) is 5.91 Å². The average molecular weight is 302 g/mol. The SMILES string of the molecule is CC(CN1CCOCC1)NC(=O)C(C)(C)N.Cl.Cl. The zero-order chi connectivity index (χ0) is 12.2. The first-order valence-corrected chi connectivity index (χ1v) is 5.79. The summed E-state index contributed by atoms with van der Waals surface area (Å²) in [4.78, 5) is 13.9.